The van der Waals surface area contributed by atoms with Gasteiger partial charge in [-0.25, -0.2) is 0 Å². The fraction of sp³-hybridized carbons (Fsp3) is 0.550. The molecule has 0 aromatic heterocycles. The standard InChI is InChI=1S/C20H26N2O4/c1-13-7-9-17(10-8-13)22-12-15(11-18(22)23)20(25)26-14(2)19(24)21-16-5-3-4-6-16/h7-10,14-16H,3-6,11-12H2,1-2H3,(H,21,24). The molecule has 1 heterocycles. The van der Waals surface area contributed by atoms with Crippen LogP contribution in [0.2, 0.25) is 0 Å². The van der Waals surface area contributed by atoms with E-state index >= 15 is 0 Å². The first-order valence-electron chi connectivity index (χ1n) is 9.32. The molecule has 6 heteroatoms. The van der Waals surface area contributed by atoms with Gasteiger partial charge in [-0.3, -0.25) is 14.4 Å². The van der Waals surface area contributed by atoms with Gasteiger partial charge in [-0.15, -0.1) is 0 Å². The molecular weight excluding hydrogens is 332 g/mol. The normalized spacial score (nSPS) is 21.7. The van der Waals surface area contributed by atoms with E-state index in [0.717, 1.165) is 36.9 Å². The maximum atomic E-state index is 12.4. The molecular formula is C20H26N2O4. The summed E-state index contributed by atoms with van der Waals surface area (Å²) in [6.45, 7) is 3.85. The van der Waals surface area contributed by atoms with E-state index in [9.17, 15) is 14.4 Å². The lowest BCUT2D eigenvalue weighted by Gasteiger charge is -2.19. The highest BCUT2D eigenvalue weighted by Gasteiger charge is 2.37. The number of rotatable bonds is 5. The quantitative estimate of drug-likeness (QED) is 0.820. The second kappa shape index (κ2) is 7.89. The summed E-state index contributed by atoms with van der Waals surface area (Å²) in [4.78, 5) is 38.4. The summed E-state index contributed by atoms with van der Waals surface area (Å²) in [7, 11) is 0. The fourth-order valence-corrected chi connectivity index (χ4v) is 3.55. The number of hydrogen-bond donors (Lipinski definition) is 1. The van der Waals surface area contributed by atoms with Gasteiger partial charge in [0.25, 0.3) is 5.91 Å². The van der Waals surface area contributed by atoms with Crippen LogP contribution in [0.25, 0.3) is 0 Å². The topological polar surface area (TPSA) is 75.7 Å². The van der Waals surface area contributed by atoms with Gasteiger partial charge in [0, 0.05) is 24.7 Å². The molecule has 2 amide bonds. The van der Waals surface area contributed by atoms with Crippen molar-refractivity contribution in [3.8, 4) is 0 Å². The van der Waals surface area contributed by atoms with Crippen molar-refractivity contribution in [3.63, 3.8) is 0 Å². The number of esters is 1. The molecule has 1 saturated heterocycles. The van der Waals surface area contributed by atoms with Crippen molar-refractivity contribution < 1.29 is 19.1 Å². The summed E-state index contributed by atoms with van der Waals surface area (Å²) in [5.74, 6) is -1.38. The Bertz CT molecular complexity index is 680. The van der Waals surface area contributed by atoms with Crippen LogP contribution < -0.4 is 10.2 Å². The Morgan fingerprint density at radius 3 is 2.50 bits per heavy atom. The Balaban J connectivity index is 1.54. The minimum atomic E-state index is -0.841. The predicted octanol–water partition coefficient (Wildman–Crippen LogP) is 2.34. The first kappa shape index (κ1) is 18.4. The Morgan fingerprint density at radius 2 is 1.85 bits per heavy atom. The third-order valence-corrected chi connectivity index (χ3v) is 5.17. The zero-order valence-corrected chi connectivity index (χ0v) is 15.4. The molecule has 3 rings (SSSR count). The zero-order chi connectivity index (χ0) is 18.7. The number of aryl methyl sites for hydroxylation is 1. The lowest BCUT2D eigenvalue weighted by atomic mass is 10.1. The van der Waals surface area contributed by atoms with Crippen LogP contribution >= 0.6 is 0 Å². The van der Waals surface area contributed by atoms with Gasteiger partial charge in [0.15, 0.2) is 6.10 Å². The molecule has 1 aliphatic carbocycles. The van der Waals surface area contributed by atoms with E-state index in [1.165, 1.54) is 0 Å². The summed E-state index contributed by atoms with van der Waals surface area (Å²) >= 11 is 0. The van der Waals surface area contributed by atoms with Crippen LogP contribution in [0.15, 0.2) is 24.3 Å². The molecule has 2 unspecified atom stereocenters. The van der Waals surface area contributed by atoms with Gasteiger partial charge >= 0.3 is 5.97 Å². The third kappa shape index (κ3) is 4.23. The molecule has 2 atom stereocenters. The Labute approximate surface area is 153 Å². The molecule has 0 spiro atoms. The van der Waals surface area contributed by atoms with Crippen molar-refractivity contribution >= 4 is 23.5 Å². The first-order valence-corrected chi connectivity index (χ1v) is 9.32. The van der Waals surface area contributed by atoms with Crippen LogP contribution in [-0.2, 0) is 19.1 Å². The highest BCUT2D eigenvalue weighted by Crippen LogP contribution is 2.26. The maximum absolute atomic E-state index is 12.4. The summed E-state index contributed by atoms with van der Waals surface area (Å²) in [6, 6.07) is 7.80. The second-order valence-electron chi connectivity index (χ2n) is 7.31. The zero-order valence-electron chi connectivity index (χ0n) is 15.4. The minimum absolute atomic E-state index is 0.0983. The number of hydrogen-bond acceptors (Lipinski definition) is 4. The minimum Gasteiger partial charge on any atom is -0.452 e. The molecule has 1 N–H and O–H groups in total. The highest BCUT2D eigenvalue weighted by molar-refractivity contribution is 5.99. The van der Waals surface area contributed by atoms with Crippen LogP contribution in [0.4, 0.5) is 5.69 Å². The van der Waals surface area contributed by atoms with Gasteiger partial charge in [-0.1, -0.05) is 30.5 Å². The number of ether oxygens (including phenoxy) is 1. The van der Waals surface area contributed by atoms with Crippen molar-refractivity contribution in [2.24, 2.45) is 5.92 Å². The van der Waals surface area contributed by atoms with Gasteiger partial charge in [-0.2, -0.15) is 0 Å². The maximum Gasteiger partial charge on any atom is 0.312 e. The molecule has 2 aliphatic rings. The first-order chi connectivity index (χ1) is 12.4. The van der Waals surface area contributed by atoms with Crippen molar-refractivity contribution in [1.29, 1.82) is 0 Å². The molecule has 0 bridgehead atoms. The second-order valence-corrected chi connectivity index (χ2v) is 7.31. The number of amides is 2. The predicted molar refractivity (Wildman–Crippen MR) is 97.6 cm³/mol. The molecule has 26 heavy (non-hydrogen) atoms. The molecule has 1 aromatic rings. The van der Waals surface area contributed by atoms with Crippen LogP contribution in [0.5, 0.6) is 0 Å². The van der Waals surface area contributed by atoms with Crippen molar-refractivity contribution in [2.75, 3.05) is 11.4 Å². The van der Waals surface area contributed by atoms with Crippen molar-refractivity contribution in [2.45, 2.75) is 58.1 Å². The van der Waals surface area contributed by atoms with Gasteiger partial charge in [0.2, 0.25) is 5.91 Å². The Hall–Kier alpha value is -2.37. The van der Waals surface area contributed by atoms with Gasteiger partial charge in [0.05, 0.1) is 5.92 Å². The van der Waals surface area contributed by atoms with Crippen molar-refractivity contribution in [1.82, 2.24) is 5.32 Å². The number of benzene rings is 1. The Kier molecular flexibility index (Phi) is 5.59. The summed E-state index contributed by atoms with van der Waals surface area (Å²) in [6.07, 6.45) is 3.48. The largest absolute Gasteiger partial charge is 0.452 e. The molecule has 6 nitrogen and oxygen atoms in total. The fourth-order valence-electron chi connectivity index (χ4n) is 3.55. The average molecular weight is 358 g/mol. The van der Waals surface area contributed by atoms with Gasteiger partial charge in [-0.05, 0) is 38.8 Å². The van der Waals surface area contributed by atoms with E-state index < -0.39 is 18.0 Å². The van der Waals surface area contributed by atoms with Crippen LogP contribution in [-0.4, -0.2) is 36.5 Å². The SMILES string of the molecule is Cc1ccc(N2CC(C(=O)OC(C)C(=O)NC3CCCC3)CC2=O)cc1. The summed E-state index contributed by atoms with van der Waals surface area (Å²) in [5.41, 5.74) is 1.89. The smallest absolute Gasteiger partial charge is 0.312 e. The number of nitrogens with zero attached hydrogens (tertiary/aromatic N) is 1. The van der Waals surface area contributed by atoms with Gasteiger partial charge in [0.1, 0.15) is 0 Å². The molecule has 1 saturated carbocycles. The molecule has 1 aliphatic heterocycles. The van der Waals surface area contributed by atoms with E-state index in [2.05, 4.69) is 5.32 Å². The number of anilines is 1. The highest BCUT2D eigenvalue weighted by atomic mass is 16.5. The lowest BCUT2D eigenvalue weighted by molar-refractivity contribution is -0.158. The summed E-state index contributed by atoms with van der Waals surface area (Å²) in [5, 5.41) is 2.93. The number of nitrogens with one attached hydrogen (secondary N) is 1. The van der Waals surface area contributed by atoms with Crippen LogP contribution in [0, 0.1) is 12.8 Å². The van der Waals surface area contributed by atoms with E-state index in [1.807, 2.05) is 31.2 Å². The van der Waals surface area contributed by atoms with Gasteiger partial charge < -0.3 is 15.0 Å². The van der Waals surface area contributed by atoms with Crippen LogP contribution in [0.1, 0.15) is 44.6 Å². The number of carbonyl (C=O) groups excluding carboxylic acids is 3. The van der Waals surface area contributed by atoms with Crippen LogP contribution in [0.3, 0.4) is 0 Å². The number of carbonyl (C=O) groups is 3. The van der Waals surface area contributed by atoms with E-state index in [-0.39, 0.29) is 30.8 Å². The summed E-state index contributed by atoms with van der Waals surface area (Å²) < 4.78 is 5.33. The van der Waals surface area contributed by atoms with Crippen molar-refractivity contribution in [3.05, 3.63) is 29.8 Å². The molecule has 0 radical (unpaired) electrons. The molecule has 140 valence electrons. The lowest BCUT2D eigenvalue weighted by Crippen LogP contribution is -2.41. The van der Waals surface area contributed by atoms with E-state index in [1.54, 1.807) is 11.8 Å². The monoisotopic (exact) mass is 358 g/mol. The molecule has 1 aromatic carbocycles. The van der Waals surface area contributed by atoms with E-state index in [0.29, 0.717) is 0 Å². The Morgan fingerprint density at radius 1 is 1.19 bits per heavy atom. The average Bonchev–Trinajstić information content (AvgIpc) is 3.25. The van der Waals surface area contributed by atoms with E-state index in [4.69, 9.17) is 4.74 Å². The third-order valence-electron chi connectivity index (χ3n) is 5.17. The molecule has 2 fully saturated rings.